The summed E-state index contributed by atoms with van der Waals surface area (Å²) < 4.78 is 0. The molecule has 102 valence electrons. The fourth-order valence-corrected chi connectivity index (χ4v) is 2.11. The molecule has 1 aromatic rings. The summed E-state index contributed by atoms with van der Waals surface area (Å²) >= 11 is 0. The first-order valence-electron chi connectivity index (χ1n) is 7.31. The minimum Gasteiger partial charge on any atom is -0.339 e. The van der Waals surface area contributed by atoms with Crippen molar-refractivity contribution in [3.05, 3.63) is 42.0 Å². The summed E-state index contributed by atoms with van der Waals surface area (Å²) in [6.45, 7) is 3.80. The number of carbonyl (C=O) groups excluding carboxylic acids is 1. The molecule has 2 nitrogen and oxygen atoms in total. The van der Waals surface area contributed by atoms with Crippen molar-refractivity contribution in [1.29, 1.82) is 0 Å². The molecule has 1 saturated carbocycles. The third-order valence-electron chi connectivity index (χ3n) is 3.46. The van der Waals surface area contributed by atoms with Crippen molar-refractivity contribution < 1.29 is 4.79 Å². The van der Waals surface area contributed by atoms with E-state index in [4.69, 9.17) is 0 Å². The van der Waals surface area contributed by atoms with E-state index in [1.54, 1.807) is 0 Å². The number of rotatable bonds is 7. The monoisotopic (exact) mass is 257 g/mol. The summed E-state index contributed by atoms with van der Waals surface area (Å²) in [7, 11) is 0. The Hall–Kier alpha value is -1.57. The Balaban J connectivity index is 1.88. The van der Waals surface area contributed by atoms with E-state index in [0.29, 0.717) is 11.8 Å². The highest BCUT2D eigenvalue weighted by atomic mass is 16.2. The summed E-state index contributed by atoms with van der Waals surface area (Å²) in [6, 6.07) is 10.2. The Bertz CT molecular complexity index is 420. The lowest BCUT2D eigenvalue weighted by molar-refractivity contribution is -0.132. The molecule has 1 amide bonds. The standard InChI is InChI=1S/C17H23NO/c1-2-3-13-18(17(19)16-11-12-16)14-7-10-15-8-5-4-6-9-15/h4-10,16H,2-3,11-14H2,1H3/b10-7+. The fraction of sp³-hybridized carbons (Fsp3) is 0.471. The summed E-state index contributed by atoms with van der Waals surface area (Å²) in [5.41, 5.74) is 1.19. The van der Waals surface area contributed by atoms with Gasteiger partial charge in [-0.15, -0.1) is 0 Å². The van der Waals surface area contributed by atoms with Crippen LogP contribution in [0.5, 0.6) is 0 Å². The molecular weight excluding hydrogens is 234 g/mol. The quantitative estimate of drug-likeness (QED) is 0.728. The maximum absolute atomic E-state index is 12.1. The van der Waals surface area contributed by atoms with Crippen LogP contribution in [-0.4, -0.2) is 23.9 Å². The lowest BCUT2D eigenvalue weighted by Crippen LogP contribution is -2.33. The van der Waals surface area contributed by atoms with Crippen molar-refractivity contribution in [3.63, 3.8) is 0 Å². The second-order valence-corrected chi connectivity index (χ2v) is 5.23. The largest absolute Gasteiger partial charge is 0.339 e. The number of benzene rings is 1. The average molecular weight is 257 g/mol. The van der Waals surface area contributed by atoms with Crippen LogP contribution in [0.2, 0.25) is 0 Å². The number of nitrogens with zero attached hydrogens (tertiary/aromatic N) is 1. The summed E-state index contributed by atoms with van der Waals surface area (Å²) in [5.74, 6) is 0.674. The smallest absolute Gasteiger partial charge is 0.225 e. The molecule has 19 heavy (non-hydrogen) atoms. The lowest BCUT2D eigenvalue weighted by atomic mass is 10.2. The zero-order valence-electron chi connectivity index (χ0n) is 11.7. The average Bonchev–Trinajstić information content (AvgIpc) is 3.27. The van der Waals surface area contributed by atoms with Gasteiger partial charge < -0.3 is 4.90 Å². The first-order chi connectivity index (χ1) is 9.31. The highest BCUT2D eigenvalue weighted by Crippen LogP contribution is 2.31. The van der Waals surface area contributed by atoms with Crippen LogP contribution in [0, 0.1) is 5.92 Å². The van der Waals surface area contributed by atoms with E-state index in [9.17, 15) is 4.79 Å². The van der Waals surface area contributed by atoms with Gasteiger partial charge in [0.1, 0.15) is 0 Å². The van der Waals surface area contributed by atoms with Crippen molar-refractivity contribution in [2.75, 3.05) is 13.1 Å². The van der Waals surface area contributed by atoms with E-state index in [0.717, 1.165) is 38.8 Å². The zero-order chi connectivity index (χ0) is 13.5. The van der Waals surface area contributed by atoms with Crippen LogP contribution >= 0.6 is 0 Å². The van der Waals surface area contributed by atoms with Gasteiger partial charge >= 0.3 is 0 Å². The van der Waals surface area contributed by atoms with E-state index in [-0.39, 0.29) is 0 Å². The summed E-state index contributed by atoms with van der Waals surface area (Å²) in [4.78, 5) is 14.2. The SMILES string of the molecule is CCCCN(C/C=C/c1ccccc1)C(=O)C1CC1. The molecule has 0 bridgehead atoms. The van der Waals surface area contributed by atoms with Crippen LogP contribution in [0.25, 0.3) is 6.08 Å². The van der Waals surface area contributed by atoms with Crippen LogP contribution in [0.4, 0.5) is 0 Å². The first-order valence-corrected chi connectivity index (χ1v) is 7.31. The first kappa shape index (κ1) is 13.9. The lowest BCUT2D eigenvalue weighted by Gasteiger charge is -2.20. The molecule has 0 atom stereocenters. The molecule has 0 aliphatic heterocycles. The highest BCUT2D eigenvalue weighted by Gasteiger charge is 2.32. The second-order valence-electron chi connectivity index (χ2n) is 5.23. The maximum atomic E-state index is 12.1. The molecule has 1 aliphatic carbocycles. The number of hydrogen-bond donors (Lipinski definition) is 0. The third kappa shape index (κ3) is 4.55. The Morgan fingerprint density at radius 2 is 2.05 bits per heavy atom. The van der Waals surface area contributed by atoms with Crippen LogP contribution in [0.3, 0.4) is 0 Å². The number of amides is 1. The van der Waals surface area contributed by atoms with Crippen LogP contribution in [0.1, 0.15) is 38.2 Å². The van der Waals surface area contributed by atoms with Crippen molar-refractivity contribution >= 4 is 12.0 Å². The van der Waals surface area contributed by atoms with Gasteiger partial charge in [-0.1, -0.05) is 55.8 Å². The predicted molar refractivity (Wildman–Crippen MR) is 79.7 cm³/mol. The van der Waals surface area contributed by atoms with Crippen molar-refractivity contribution in [2.24, 2.45) is 5.92 Å². The molecule has 0 aromatic heterocycles. The minimum atomic E-state index is 0.321. The molecule has 0 radical (unpaired) electrons. The molecule has 0 spiro atoms. The molecule has 0 heterocycles. The van der Waals surface area contributed by atoms with Crippen LogP contribution < -0.4 is 0 Å². The second kappa shape index (κ2) is 7.13. The normalized spacial score (nSPS) is 14.8. The Morgan fingerprint density at radius 3 is 2.68 bits per heavy atom. The number of hydrogen-bond acceptors (Lipinski definition) is 1. The Labute approximate surface area is 116 Å². The molecule has 0 saturated heterocycles. The molecule has 2 rings (SSSR count). The molecule has 0 unspecified atom stereocenters. The molecule has 1 aliphatic rings. The summed E-state index contributed by atoms with van der Waals surface area (Å²) in [6.07, 6.45) is 8.60. The van der Waals surface area contributed by atoms with Gasteiger partial charge in [-0.25, -0.2) is 0 Å². The Morgan fingerprint density at radius 1 is 1.32 bits per heavy atom. The van der Waals surface area contributed by atoms with E-state index in [1.165, 1.54) is 5.56 Å². The van der Waals surface area contributed by atoms with Gasteiger partial charge in [0.25, 0.3) is 0 Å². The number of carbonyl (C=O) groups is 1. The summed E-state index contributed by atoms with van der Waals surface area (Å²) in [5, 5.41) is 0. The molecule has 1 fully saturated rings. The highest BCUT2D eigenvalue weighted by molar-refractivity contribution is 5.81. The van der Waals surface area contributed by atoms with Crippen LogP contribution in [-0.2, 0) is 4.79 Å². The molecule has 0 N–H and O–H groups in total. The van der Waals surface area contributed by atoms with Gasteiger partial charge in [-0.2, -0.15) is 0 Å². The van der Waals surface area contributed by atoms with Gasteiger partial charge in [-0.3, -0.25) is 4.79 Å². The molecule has 2 heteroatoms. The number of unbranched alkanes of at least 4 members (excludes halogenated alkanes) is 1. The van der Waals surface area contributed by atoms with E-state index < -0.39 is 0 Å². The van der Waals surface area contributed by atoms with E-state index in [2.05, 4.69) is 31.2 Å². The molecule has 1 aromatic carbocycles. The van der Waals surface area contributed by atoms with E-state index in [1.807, 2.05) is 23.1 Å². The zero-order valence-corrected chi connectivity index (χ0v) is 11.7. The third-order valence-corrected chi connectivity index (χ3v) is 3.46. The predicted octanol–water partition coefficient (Wildman–Crippen LogP) is 3.74. The van der Waals surface area contributed by atoms with Gasteiger partial charge in [-0.05, 0) is 24.8 Å². The van der Waals surface area contributed by atoms with Gasteiger partial charge in [0, 0.05) is 19.0 Å². The van der Waals surface area contributed by atoms with E-state index >= 15 is 0 Å². The Kier molecular flexibility index (Phi) is 5.20. The topological polar surface area (TPSA) is 20.3 Å². The minimum absolute atomic E-state index is 0.321. The fourth-order valence-electron chi connectivity index (χ4n) is 2.11. The maximum Gasteiger partial charge on any atom is 0.225 e. The molecular formula is C17H23NO. The van der Waals surface area contributed by atoms with Gasteiger partial charge in [0.15, 0.2) is 0 Å². The van der Waals surface area contributed by atoms with Gasteiger partial charge in [0.05, 0.1) is 0 Å². The van der Waals surface area contributed by atoms with Crippen LogP contribution in [0.15, 0.2) is 36.4 Å². The van der Waals surface area contributed by atoms with Crippen molar-refractivity contribution in [2.45, 2.75) is 32.6 Å². The van der Waals surface area contributed by atoms with Crippen molar-refractivity contribution in [1.82, 2.24) is 4.90 Å². The van der Waals surface area contributed by atoms with Gasteiger partial charge in [0.2, 0.25) is 5.91 Å². The van der Waals surface area contributed by atoms with Crippen molar-refractivity contribution in [3.8, 4) is 0 Å².